The van der Waals surface area contributed by atoms with Gasteiger partial charge in [0.05, 0.1) is 5.56 Å². The summed E-state index contributed by atoms with van der Waals surface area (Å²) < 4.78 is 0. The van der Waals surface area contributed by atoms with Crippen LogP contribution in [0.4, 0.5) is 0 Å². The Morgan fingerprint density at radius 3 is 2.17 bits per heavy atom. The third kappa shape index (κ3) is 5.26. The molecule has 18 heavy (non-hydrogen) atoms. The molecule has 1 heterocycles. The Balaban J connectivity index is 0. The minimum atomic E-state index is -1.27. The maximum absolute atomic E-state index is 11.8. The molecule has 92 valence electrons. The molecule has 1 aromatic heterocycles. The van der Waals surface area contributed by atoms with Crippen molar-refractivity contribution in [3.8, 4) is 0 Å². The standard InChI is InChI=1S/C10H10N2O5.Na.H/c13-8(14)5-12(6-9(15)16)10(17)7-2-1-3-11-4-7;;/h1-4H,5-6H2,(H,13,14)(H,15,16);;/q;+1;-1. The number of pyridine rings is 1. The van der Waals surface area contributed by atoms with Crippen molar-refractivity contribution in [2.45, 2.75) is 0 Å². The summed E-state index contributed by atoms with van der Waals surface area (Å²) in [6.45, 7) is -1.33. The molecule has 0 bridgehead atoms. The van der Waals surface area contributed by atoms with Crippen LogP contribution < -0.4 is 29.6 Å². The molecular weight excluding hydrogens is 251 g/mol. The summed E-state index contributed by atoms with van der Waals surface area (Å²) in [6.07, 6.45) is 2.70. The van der Waals surface area contributed by atoms with E-state index in [0.29, 0.717) is 0 Å². The van der Waals surface area contributed by atoms with Crippen molar-refractivity contribution in [1.82, 2.24) is 9.88 Å². The number of carboxylic acid groups (broad SMARTS) is 2. The van der Waals surface area contributed by atoms with Crippen molar-refractivity contribution in [3.63, 3.8) is 0 Å². The summed E-state index contributed by atoms with van der Waals surface area (Å²) in [5.74, 6) is -3.23. The van der Waals surface area contributed by atoms with E-state index >= 15 is 0 Å². The second-order valence-corrected chi connectivity index (χ2v) is 3.19. The number of rotatable bonds is 5. The fraction of sp³-hybridized carbons (Fsp3) is 0.200. The Morgan fingerprint density at radius 2 is 1.78 bits per heavy atom. The van der Waals surface area contributed by atoms with Crippen molar-refractivity contribution in [1.29, 1.82) is 0 Å². The number of carboxylic acids is 2. The van der Waals surface area contributed by atoms with Gasteiger partial charge in [0.2, 0.25) is 0 Å². The smallest absolute Gasteiger partial charge is 1.00 e. The molecule has 0 saturated carbocycles. The van der Waals surface area contributed by atoms with E-state index in [4.69, 9.17) is 10.2 Å². The summed E-state index contributed by atoms with van der Waals surface area (Å²) in [6, 6.07) is 2.94. The van der Waals surface area contributed by atoms with Crippen molar-refractivity contribution in [3.05, 3.63) is 30.1 Å². The fourth-order valence-electron chi connectivity index (χ4n) is 1.20. The van der Waals surface area contributed by atoms with Gasteiger partial charge in [0.15, 0.2) is 0 Å². The van der Waals surface area contributed by atoms with E-state index in [1.165, 1.54) is 24.5 Å². The Hall–Kier alpha value is -1.44. The first-order chi connectivity index (χ1) is 8.00. The maximum Gasteiger partial charge on any atom is 1.00 e. The number of hydrogen-bond donors (Lipinski definition) is 2. The molecule has 1 amide bonds. The molecular formula is C10H11N2NaO5. The molecule has 0 unspecified atom stereocenters. The van der Waals surface area contributed by atoms with E-state index in [-0.39, 0.29) is 36.5 Å². The monoisotopic (exact) mass is 262 g/mol. The van der Waals surface area contributed by atoms with Crippen molar-refractivity contribution >= 4 is 17.8 Å². The Bertz CT molecular complexity index is 427. The summed E-state index contributed by atoms with van der Waals surface area (Å²) >= 11 is 0. The van der Waals surface area contributed by atoms with Gasteiger partial charge in [0.1, 0.15) is 13.1 Å². The normalized spacial score (nSPS) is 9.11. The van der Waals surface area contributed by atoms with Gasteiger partial charge in [-0.25, -0.2) is 0 Å². The topological polar surface area (TPSA) is 108 Å². The zero-order valence-electron chi connectivity index (χ0n) is 10.7. The largest absolute Gasteiger partial charge is 1.00 e. The maximum atomic E-state index is 11.8. The molecule has 2 N–H and O–H groups in total. The predicted octanol–water partition coefficient (Wildman–Crippen LogP) is -3.19. The molecule has 0 saturated heterocycles. The fourth-order valence-corrected chi connectivity index (χ4v) is 1.20. The third-order valence-corrected chi connectivity index (χ3v) is 1.85. The van der Waals surface area contributed by atoms with Gasteiger partial charge in [-0.1, -0.05) is 0 Å². The van der Waals surface area contributed by atoms with Gasteiger partial charge in [-0.3, -0.25) is 19.4 Å². The third-order valence-electron chi connectivity index (χ3n) is 1.85. The molecule has 1 aromatic rings. The van der Waals surface area contributed by atoms with Gasteiger partial charge >= 0.3 is 41.5 Å². The Morgan fingerprint density at radius 1 is 1.22 bits per heavy atom. The van der Waals surface area contributed by atoms with Crippen LogP contribution in [0, 0.1) is 0 Å². The van der Waals surface area contributed by atoms with E-state index in [1.807, 2.05) is 0 Å². The van der Waals surface area contributed by atoms with Crippen LogP contribution in [-0.4, -0.2) is 51.0 Å². The molecule has 0 aliphatic rings. The van der Waals surface area contributed by atoms with E-state index in [9.17, 15) is 14.4 Å². The van der Waals surface area contributed by atoms with Crippen LogP contribution in [0.5, 0.6) is 0 Å². The predicted molar refractivity (Wildman–Crippen MR) is 56.5 cm³/mol. The second kappa shape index (κ2) is 7.80. The number of carbonyl (C=O) groups excluding carboxylic acids is 1. The number of aromatic nitrogens is 1. The second-order valence-electron chi connectivity index (χ2n) is 3.19. The molecule has 0 aromatic carbocycles. The van der Waals surface area contributed by atoms with Crippen molar-refractivity contribution in [2.24, 2.45) is 0 Å². The number of carbonyl (C=O) groups is 3. The van der Waals surface area contributed by atoms with E-state index in [1.54, 1.807) is 0 Å². The molecule has 0 atom stereocenters. The van der Waals surface area contributed by atoms with E-state index < -0.39 is 30.9 Å². The van der Waals surface area contributed by atoms with Crippen LogP contribution in [0.2, 0.25) is 0 Å². The SMILES string of the molecule is O=C(O)CN(CC(=O)O)C(=O)c1cccnc1.[H-].[Na+]. The molecule has 1 rings (SSSR count). The van der Waals surface area contributed by atoms with Crippen molar-refractivity contribution in [2.75, 3.05) is 13.1 Å². The number of nitrogens with zero attached hydrogens (tertiary/aromatic N) is 2. The summed E-state index contributed by atoms with van der Waals surface area (Å²) in [5, 5.41) is 17.2. The van der Waals surface area contributed by atoms with Crippen LogP contribution in [0.15, 0.2) is 24.5 Å². The molecule has 0 radical (unpaired) electrons. The van der Waals surface area contributed by atoms with Gasteiger partial charge in [-0.2, -0.15) is 0 Å². The Labute approximate surface area is 126 Å². The van der Waals surface area contributed by atoms with Gasteiger partial charge in [0, 0.05) is 12.4 Å². The first-order valence-corrected chi connectivity index (χ1v) is 4.63. The van der Waals surface area contributed by atoms with Crippen LogP contribution >= 0.6 is 0 Å². The minimum Gasteiger partial charge on any atom is -1.00 e. The molecule has 8 heteroatoms. The molecule has 0 fully saturated rings. The average Bonchev–Trinajstić information content (AvgIpc) is 2.27. The summed E-state index contributed by atoms with van der Waals surface area (Å²) in [4.78, 5) is 37.3. The zero-order chi connectivity index (χ0) is 12.8. The van der Waals surface area contributed by atoms with Gasteiger partial charge in [0.25, 0.3) is 5.91 Å². The molecule has 7 nitrogen and oxygen atoms in total. The van der Waals surface area contributed by atoms with Gasteiger partial charge < -0.3 is 16.5 Å². The first-order valence-electron chi connectivity index (χ1n) is 4.63. The average molecular weight is 262 g/mol. The van der Waals surface area contributed by atoms with Gasteiger partial charge in [-0.05, 0) is 12.1 Å². The molecule has 0 spiro atoms. The summed E-state index contributed by atoms with van der Waals surface area (Å²) in [7, 11) is 0. The van der Waals surface area contributed by atoms with Crippen LogP contribution in [0.1, 0.15) is 11.8 Å². The number of hydrogen-bond acceptors (Lipinski definition) is 4. The Kier molecular flexibility index (Phi) is 7.18. The minimum absolute atomic E-state index is 0. The quantitative estimate of drug-likeness (QED) is 0.541. The molecule has 0 aliphatic carbocycles. The number of amides is 1. The van der Waals surface area contributed by atoms with E-state index in [0.717, 1.165) is 4.90 Å². The van der Waals surface area contributed by atoms with Crippen LogP contribution in [-0.2, 0) is 9.59 Å². The zero-order valence-corrected chi connectivity index (χ0v) is 11.7. The van der Waals surface area contributed by atoms with Crippen molar-refractivity contribution < 1.29 is 55.6 Å². The van der Waals surface area contributed by atoms with Crippen LogP contribution in [0.25, 0.3) is 0 Å². The van der Waals surface area contributed by atoms with E-state index in [2.05, 4.69) is 4.98 Å². The number of aliphatic carboxylic acids is 2. The van der Waals surface area contributed by atoms with Gasteiger partial charge in [-0.15, -0.1) is 0 Å². The first kappa shape index (κ1) is 16.6. The molecule has 0 aliphatic heterocycles. The summed E-state index contributed by atoms with van der Waals surface area (Å²) in [5.41, 5.74) is 0.148. The van der Waals surface area contributed by atoms with Crippen LogP contribution in [0.3, 0.4) is 0 Å².